The molecule has 8 nitrogen and oxygen atoms in total. The lowest BCUT2D eigenvalue weighted by Crippen LogP contribution is -2.58. The lowest BCUT2D eigenvalue weighted by molar-refractivity contribution is -0.138. The summed E-state index contributed by atoms with van der Waals surface area (Å²) in [4.78, 5) is 40.8. The van der Waals surface area contributed by atoms with Crippen LogP contribution < -0.4 is 16.6 Å². The molecule has 0 aliphatic heterocycles. The number of ether oxygens (including phenoxy) is 1. The van der Waals surface area contributed by atoms with Gasteiger partial charge < -0.3 is 10.5 Å². The molecule has 0 bridgehead atoms. The number of hydrogen-bond donors (Lipinski definition) is 2. The number of nitrogens with zero attached hydrogens (tertiary/aromatic N) is 2. The van der Waals surface area contributed by atoms with Gasteiger partial charge in [0.25, 0.3) is 5.91 Å². The van der Waals surface area contributed by atoms with Gasteiger partial charge in [0.1, 0.15) is 12.6 Å². The smallest absolute Gasteiger partial charge is 0.417 e. The molecule has 0 heterocycles. The topological polar surface area (TPSA) is 119 Å². The third-order valence-electron chi connectivity index (χ3n) is 5.72. The van der Waals surface area contributed by atoms with E-state index in [4.69, 9.17) is 16.3 Å². The monoisotopic (exact) mass is 476 g/mol. The Bertz CT molecular complexity index is 1160. The van der Waals surface area contributed by atoms with Crippen molar-refractivity contribution in [2.45, 2.75) is 51.8 Å². The Hall–Kier alpha value is -3.75. The maximum Gasteiger partial charge on any atom is 0.417 e. The highest BCUT2D eigenvalue weighted by Crippen LogP contribution is 2.27. The van der Waals surface area contributed by atoms with Gasteiger partial charge in [0, 0.05) is 5.39 Å². The van der Waals surface area contributed by atoms with Gasteiger partial charge in [0.2, 0.25) is 5.91 Å². The molecule has 4 N–H and O–H groups in total. The molecule has 0 aromatic heterocycles. The first kappa shape index (κ1) is 25.9. The Kier molecular flexibility index (Phi) is 8.94. The van der Waals surface area contributed by atoms with Crippen LogP contribution in [0.2, 0.25) is 0 Å². The standard InChI is InChI=1S/C27H32N4O4/c1-3-4-16-24(26(33)31(29)23-17-10-14-21-13-8-9-15-22(21)23)30(25(32)19(2)28)27(34)35-18-20-11-6-5-7-12-20/h5-15,17,19,24H,3-4,16,18,28-29H2,1-2H3/t19-,24-/m0/s1. The Morgan fingerprint density at radius 3 is 2.26 bits per heavy atom. The second-order valence-electron chi connectivity index (χ2n) is 8.40. The first-order chi connectivity index (χ1) is 16.8. The van der Waals surface area contributed by atoms with Crippen LogP contribution in [0.25, 0.3) is 10.8 Å². The number of imide groups is 1. The highest BCUT2D eigenvalue weighted by atomic mass is 16.6. The van der Waals surface area contributed by atoms with Crippen LogP contribution in [0.15, 0.2) is 72.8 Å². The normalized spacial score (nSPS) is 12.6. The molecule has 0 unspecified atom stereocenters. The Balaban J connectivity index is 1.94. The van der Waals surface area contributed by atoms with Crippen LogP contribution in [0.5, 0.6) is 0 Å². The summed E-state index contributed by atoms with van der Waals surface area (Å²) in [6.45, 7) is 3.37. The van der Waals surface area contributed by atoms with Crippen LogP contribution in [-0.2, 0) is 20.9 Å². The van der Waals surface area contributed by atoms with Gasteiger partial charge in [-0.3, -0.25) is 9.59 Å². The molecule has 0 radical (unpaired) electrons. The van der Waals surface area contributed by atoms with E-state index in [0.29, 0.717) is 12.1 Å². The van der Waals surface area contributed by atoms with Crippen molar-refractivity contribution in [2.24, 2.45) is 11.6 Å². The van der Waals surface area contributed by atoms with Gasteiger partial charge >= 0.3 is 6.09 Å². The van der Waals surface area contributed by atoms with Crippen molar-refractivity contribution in [1.29, 1.82) is 0 Å². The molecular weight excluding hydrogens is 444 g/mol. The van der Waals surface area contributed by atoms with Gasteiger partial charge in [-0.2, -0.15) is 0 Å². The zero-order chi connectivity index (χ0) is 25.4. The minimum Gasteiger partial charge on any atom is -0.444 e. The molecule has 35 heavy (non-hydrogen) atoms. The van der Waals surface area contributed by atoms with Gasteiger partial charge in [-0.25, -0.2) is 20.5 Å². The van der Waals surface area contributed by atoms with E-state index in [1.54, 1.807) is 24.3 Å². The van der Waals surface area contributed by atoms with Crippen molar-refractivity contribution >= 4 is 34.4 Å². The van der Waals surface area contributed by atoms with E-state index in [2.05, 4.69) is 0 Å². The fraction of sp³-hybridized carbons (Fsp3) is 0.296. The zero-order valence-corrected chi connectivity index (χ0v) is 20.1. The van der Waals surface area contributed by atoms with Crippen LogP contribution in [0.3, 0.4) is 0 Å². The van der Waals surface area contributed by atoms with Gasteiger partial charge in [0.05, 0.1) is 11.7 Å². The molecule has 3 aromatic carbocycles. The fourth-order valence-corrected chi connectivity index (χ4v) is 3.84. The third-order valence-corrected chi connectivity index (χ3v) is 5.72. The molecule has 0 saturated heterocycles. The number of hydrogen-bond acceptors (Lipinski definition) is 6. The van der Waals surface area contributed by atoms with Crippen LogP contribution in [0.4, 0.5) is 10.5 Å². The number of hydrazine groups is 1. The van der Waals surface area contributed by atoms with Crippen molar-refractivity contribution in [3.8, 4) is 0 Å². The molecule has 3 aromatic rings. The van der Waals surface area contributed by atoms with Crippen LogP contribution >= 0.6 is 0 Å². The number of unbranched alkanes of at least 4 members (excludes halogenated alkanes) is 1. The molecule has 184 valence electrons. The third kappa shape index (κ3) is 6.23. The highest BCUT2D eigenvalue weighted by molar-refractivity contribution is 6.08. The quantitative estimate of drug-likeness (QED) is 0.272. The van der Waals surface area contributed by atoms with Crippen molar-refractivity contribution < 1.29 is 19.1 Å². The molecular formula is C27H32N4O4. The predicted molar refractivity (Wildman–Crippen MR) is 136 cm³/mol. The number of rotatable bonds is 9. The van der Waals surface area contributed by atoms with Gasteiger partial charge in [0.15, 0.2) is 0 Å². The van der Waals surface area contributed by atoms with E-state index in [0.717, 1.165) is 32.7 Å². The molecule has 0 saturated carbocycles. The molecule has 0 aliphatic rings. The molecule has 3 rings (SSSR count). The lowest BCUT2D eigenvalue weighted by atomic mass is 10.0. The SMILES string of the molecule is CCCC[C@@H](C(=O)N(N)c1cccc2ccccc12)N(C(=O)OCc1ccccc1)C(=O)[C@H](C)N. The summed E-state index contributed by atoms with van der Waals surface area (Å²) in [6.07, 6.45) is 0.639. The average Bonchev–Trinajstić information content (AvgIpc) is 2.88. The van der Waals surface area contributed by atoms with Gasteiger partial charge in [-0.15, -0.1) is 0 Å². The molecule has 0 aliphatic carbocycles. The summed E-state index contributed by atoms with van der Waals surface area (Å²) >= 11 is 0. The number of amides is 3. The molecule has 0 fully saturated rings. The molecule has 8 heteroatoms. The van der Waals surface area contributed by atoms with Crippen molar-refractivity contribution in [3.63, 3.8) is 0 Å². The van der Waals surface area contributed by atoms with E-state index < -0.39 is 30.0 Å². The van der Waals surface area contributed by atoms with Crippen LogP contribution in [0, 0.1) is 0 Å². The largest absolute Gasteiger partial charge is 0.444 e. The van der Waals surface area contributed by atoms with E-state index in [9.17, 15) is 14.4 Å². The van der Waals surface area contributed by atoms with E-state index in [-0.39, 0.29) is 13.0 Å². The summed E-state index contributed by atoms with van der Waals surface area (Å²) in [5.41, 5.74) is 7.08. The molecule has 0 spiro atoms. The minimum absolute atomic E-state index is 0.0489. The number of fused-ring (bicyclic) bond motifs is 1. The summed E-state index contributed by atoms with van der Waals surface area (Å²) in [5, 5.41) is 2.69. The van der Waals surface area contributed by atoms with E-state index >= 15 is 0 Å². The first-order valence-corrected chi connectivity index (χ1v) is 11.7. The van der Waals surface area contributed by atoms with Gasteiger partial charge in [-0.05, 0) is 30.4 Å². The maximum absolute atomic E-state index is 13.7. The zero-order valence-electron chi connectivity index (χ0n) is 20.1. The Morgan fingerprint density at radius 1 is 0.914 bits per heavy atom. The van der Waals surface area contributed by atoms with Crippen molar-refractivity contribution in [2.75, 3.05) is 5.01 Å². The van der Waals surface area contributed by atoms with Crippen molar-refractivity contribution in [1.82, 2.24) is 4.90 Å². The minimum atomic E-state index is -1.17. The summed E-state index contributed by atoms with van der Waals surface area (Å²) in [5.74, 6) is 5.02. The number of benzene rings is 3. The number of nitrogens with two attached hydrogens (primary N) is 2. The number of carbonyl (C=O) groups is 3. The van der Waals surface area contributed by atoms with Gasteiger partial charge in [-0.1, -0.05) is 86.5 Å². The maximum atomic E-state index is 13.7. The predicted octanol–water partition coefficient (Wildman–Crippen LogP) is 4.12. The lowest BCUT2D eigenvalue weighted by Gasteiger charge is -2.32. The molecule has 2 atom stereocenters. The fourth-order valence-electron chi connectivity index (χ4n) is 3.84. The van der Waals surface area contributed by atoms with Crippen molar-refractivity contribution in [3.05, 3.63) is 78.4 Å². The Labute approximate surface area is 205 Å². The van der Waals surface area contributed by atoms with Crippen LogP contribution in [-0.4, -0.2) is 34.9 Å². The second-order valence-corrected chi connectivity index (χ2v) is 8.40. The van der Waals surface area contributed by atoms with Crippen LogP contribution in [0.1, 0.15) is 38.7 Å². The molecule has 3 amide bonds. The number of carbonyl (C=O) groups excluding carboxylic acids is 3. The summed E-state index contributed by atoms with van der Waals surface area (Å²) in [6, 6.07) is 19.9. The summed E-state index contributed by atoms with van der Waals surface area (Å²) in [7, 11) is 0. The summed E-state index contributed by atoms with van der Waals surface area (Å²) < 4.78 is 5.43. The first-order valence-electron chi connectivity index (χ1n) is 11.7. The Morgan fingerprint density at radius 2 is 1.57 bits per heavy atom. The number of anilines is 1. The average molecular weight is 477 g/mol. The van der Waals surface area contributed by atoms with E-state index in [1.807, 2.05) is 55.5 Å². The van der Waals surface area contributed by atoms with E-state index in [1.165, 1.54) is 6.92 Å². The highest BCUT2D eigenvalue weighted by Gasteiger charge is 2.39. The second kappa shape index (κ2) is 12.1.